The van der Waals surface area contributed by atoms with Crippen molar-refractivity contribution in [3.63, 3.8) is 0 Å². The SMILES string of the molecule is CCCCCCCC/C(=C/C=C(\C)c1ccc(C(=O)O)cc1)CC. The molecule has 0 atom stereocenters. The summed E-state index contributed by atoms with van der Waals surface area (Å²) in [6.45, 7) is 6.54. The van der Waals surface area contributed by atoms with E-state index in [0.717, 1.165) is 12.0 Å². The monoisotopic (exact) mass is 328 g/mol. The van der Waals surface area contributed by atoms with Crippen LogP contribution in [0.3, 0.4) is 0 Å². The fourth-order valence-electron chi connectivity index (χ4n) is 2.73. The summed E-state index contributed by atoms with van der Waals surface area (Å²) in [7, 11) is 0. The summed E-state index contributed by atoms with van der Waals surface area (Å²) in [5.74, 6) is -0.879. The van der Waals surface area contributed by atoms with Crippen molar-refractivity contribution in [3.8, 4) is 0 Å². The Morgan fingerprint density at radius 3 is 2.08 bits per heavy atom. The first kappa shape index (κ1) is 20.2. The van der Waals surface area contributed by atoms with Gasteiger partial charge in [-0.3, -0.25) is 0 Å². The molecule has 0 aliphatic carbocycles. The smallest absolute Gasteiger partial charge is 0.335 e. The summed E-state index contributed by atoms with van der Waals surface area (Å²) < 4.78 is 0. The van der Waals surface area contributed by atoms with E-state index in [4.69, 9.17) is 5.11 Å². The minimum absolute atomic E-state index is 0.333. The van der Waals surface area contributed by atoms with E-state index in [2.05, 4.69) is 32.9 Å². The molecule has 0 aliphatic heterocycles. The van der Waals surface area contributed by atoms with Gasteiger partial charge in [-0.1, -0.05) is 75.8 Å². The van der Waals surface area contributed by atoms with Gasteiger partial charge in [0, 0.05) is 0 Å². The fraction of sp³-hybridized carbons (Fsp3) is 0.500. The number of hydrogen-bond acceptors (Lipinski definition) is 1. The lowest BCUT2D eigenvalue weighted by atomic mass is 10.0. The molecule has 1 N–H and O–H groups in total. The van der Waals surface area contributed by atoms with Gasteiger partial charge in [-0.05, 0) is 49.5 Å². The molecule has 2 nitrogen and oxygen atoms in total. The lowest BCUT2D eigenvalue weighted by molar-refractivity contribution is 0.0697. The van der Waals surface area contributed by atoms with Gasteiger partial charge in [0.15, 0.2) is 0 Å². The zero-order valence-electron chi connectivity index (χ0n) is 15.5. The summed E-state index contributed by atoms with van der Waals surface area (Å²) in [6.07, 6.45) is 14.7. The second kappa shape index (κ2) is 11.7. The number of benzene rings is 1. The fourth-order valence-corrected chi connectivity index (χ4v) is 2.73. The van der Waals surface area contributed by atoms with Crippen molar-refractivity contribution in [2.24, 2.45) is 0 Å². The van der Waals surface area contributed by atoms with E-state index in [1.54, 1.807) is 12.1 Å². The highest BCUT2D eigenvalue weighted by Gasteiger charge is 2.02. The summed E-state index contributed by atoms with van der Waals surface area (Å²) >= 11 is 0. The molecule has 1 rings (SSSR count). The summed E-state index contributed by atoms with van der Waals surface area (Å²) in [6, 6.07) is 7.08. The minimum atomic E-state index is -0.879. The van der Waals surface area contributed by atoms with Crippen molar-refractivity contribution in [1.29, 1.82) is 0 Å². The predicted octanol–water partition coefficient (Wildman–Crippen LogP) is 6.88. The Morgan fingerprint density at radius 1 is 0.917 bits per heavy atom. The molecule has 132 valence electrons. The van der Waals surface area contributed by atoms with E-state index in [-0.39, 0.29) is 0 Å². The number of carboxylic acids is 1. The first-order valence-electron chi connectivity index (χ1n) is 9.28. The highest BCUT2D eigenvalue weighted by Crippen LogP contribution is 2.18. The van der Waals surface area contributed by atoms with Crippen LogP contribution in [-0.4, -0.2) is 11.1 Å². The molecule has 0 aliphatic rings. The van der Waals surface area contributed by atoms with Crippen molar-refractivity contribution in [2.45, 2.75) is 72.1 Å². The maximum atomic E-state index is 10.9. The number of rotatable bonds is 11. The number of carbonyl (C=O) groups is 1. The van der Waals surface area contributed by atoms with Crippen LogP contribution in [0.2, 0.25) is 0 Å². The van der Waals surface area contributed by atoms with E-state index in [0.29, 0.717) is 5.56 Å². The van der Waals surface area contributed by atoms with Crippen LogP contribution >= 0.6 is 0 Å². The molecule has 0 fully saturated rings. The number of hydrogen-bond donors (Lipinski definition) is 1. The molecule has 0 amide bonds. The molecule has 1 aromatic carbocycles. The van der Waals surface area contributed by atoms with Crippen LogP contribution < -0.4 is 0 Å². The Hall–Kier alpha value is -1.83. The minimum Gasteiger partial charge on any atom is -0.478 e. The maximum absolute atomic E-state index is 10.9. The molecule has 0 saturated carbocycles. The average molecular weight is 328 g/mol. The van der Waals surface area contributed by atoms with Crippen LogP contribution in [0.4, 0.5) is 0 Å². The topological polar surface area (TPSA) is 37.3 Å². The molecule has 2 heteroatoms. The third kappa shape index (κ3) is 7.63. The van der Waals surface area contributed by atoms with Gasteiger partial charge in [0.1, 0.15) is 0 Å². The summed E-state index contributed by atoms with van der Waals surface area (Å²) in [4.78, 5) is 10.9. The van der Waals surface area contributed by atoms with Crippen molar-refractivity contribution >= 4 is 11.5 Å². The highest BCUT2D eigenvalue weighted by molar-refractivity contribution is 5.88. The molecule has 1 aromatic rings. The van der Waals surface area contributed by atoms with Gasteiger partial charge in [-0.25, -0.2) is 4.79 Å². The maximum Gasteiger partial charge on any atom is 0.335 e. The zero-order chi connectivity index (χ0) is 17.8. The molecular weight excluding hydrogens is 296 g/mol. The quantitative estimate of drug-likeness (QED) is 0.355. The van der Waals surface area contributed by atoms with E-state index < -0.39 is 5.97 Å². The first-order valence-corrected chi connectivity index (χ1v) is 9.28. The Morgan fingerprint density at radius 2 is 1.50 bits per heavy atom. The van der Waals surface area contributed by atoms with Crippen LogP contribution in [0.25, 0.3) is 5.57 Å². The van der Waals surface area contributed by atoms with Gasteiger partial charge in [0.05, 0.1) is 5.56 Å². The number of carboxylic acid groups (broad SMARTS) is 1. The molecular formula is C22H32O2. The molecule has 0 spiro atoms. The number of unbranched alkanes of at least 4 members (excludes halogenated alkanes) is 5. The third-order valence-electron chi connectivity index (χ3n) is 4.46. The van der Waals surface area contributed by atoms with Crippen molar-refractivity contribution in [3.05, 3.63) is 53.1 Å². The second-order valence-corrected chi connectivity index (χ2v) is 6.43. The van der Waals surface area contributed by atoms with Gasteiger partial charge in [0.2, 0.25) is 0 Å². The molecule has 24 heavy (non-hydrogen) atoms. The lowest BCUT2D eigenvalue weighted by Crippen LogP contribution is -1.95. The van der Waals surface area contributed by atoms with Crippen LogP contribution in [0, 0.1) is 0 Å². The normalized spacial score (nSPS) is 12.5. The predicted molar refractivity (Wildman–Crippen MR) is 103 cm³/mol. The Kier molecular flexibility index (Phi) is 9.83. The van der Waals surface area contributed by atoms with Gasteiger partial charge in [-0.15, -0.1) is 0 Å². The van der Waals surface area contributed by atoms with E-state index in [1.165, 1.54) is 56.1 Å². The van der Waals surface area contributed by atoms with Gasteiger partial charge in [-0.2, -0.15) is 0 Å². The van der Waals surface area contributed by atoms with Crippen molar-refractivity contribution in [2.75, 3.05) is 0 Å². The summed E-state index contributed by atoms with van der Waals surface area (Å²) in [5.41, 5.74) is 4.07. The van der Waals surface area contributed by atoms with Gasteiger partial charge >= 0.3 is 5.97 Å². The highest BCUT2D eigenvalue weighted by atomic mass is 16.4. The van der Waals surface area contributed by atoms with E-state index >= 15 is 0 Å². The van der Waals surface area contributed by atoms with Crippen LogP contribution in [0.5, 0.6) is 0 Å². The molecule has 0 radical (unpaired) electrons. The molecule has 0 aromatic heterocycles. The molecule has 0 saturated heterocycles. The molecule has 0 bridgehead atoms. The molecule has 0 unspecified atom stereocenters. The second-order valence-electron chi connectivity index (χ2n) is 6.43. The van der Waals surface area contributed by atoms with Crippen molar-refractivity contribution < 1.29 is 9.90 Å². The van der Waals surface area contributed by atoms with Crippen LogP contribution in [0.15, 0.2) is 42.0 Å². The van der Waals surface area contributed by atoms with E-state index in [1.807, 2.05) is 12.1 Å². The lowest BCUT2D eigenvalue weighted by Gasteiger charge is -2.05. The van der Waals surface area contributed by atoms with Crippen LogP contribution in [0.1, 0.15) is 88.1 Å². The average Bonchev–Trinajstić information content (AvgIpc) is 2.60. The van der Waals surface area contributed by atoms with Crippen molar-refractivity contribution in [1.82, 2.24) is 0 Å². The van der Waals surface area contributed by atoms with Gasteiger partial charge < -0.3 is 5.11 Å². The first-order chi connectivity index (χ1) is 11.6. The standard InChI is InChI=1S/C22H32O2/c1-4-6-7-8-9-10-11-19(5-2)13-12-18(3)20-14-16-21(17-15-20)22(23)24/h12-17H,4-11H2,1-3H3,(H,23,24)/b18-12+,19-13+. The largest absolute Gasteiger partial charge is 0.478 e. The Labute approximate surface area is 147 Å². The Bertz CT molecular complexity index is 550. The third-order valence-corrected chi connectivity index (χ3v) is 4.46. The number of allylic oxidation sites excluding steroid dienone is 4. The van der Waals surface area contributed by atoms with E-state index in [9.17, 15) is 4.79 Å². The molecule has 0 heterocycles. The van der Waals surface area contributed by atoms with Gasteiger partial charge in [0.25, 0.3) is 0 Å². The van der Waals surface area contributed by atoms with Crippen LogP contribution in [-0.2, 0) is 0 Å². The number of aromatic carboxylic acids is 1. The summed E-state index contributed by atoms with van der Waals surface area (Å²) in [5, 5.41) is 8.95. The zero-order valence-corrected chi connectivity index (χ0v) is 15.5. The Balaban J connectivity index is 2.54.